The van der Waals surface area contributed by atoms with Crippen LogP contribution in [0.4, 0.5) is 0 Å². The highest BCUT2D eigenvalue weighted by atomic mass is 14.9. The SMILES string of the molecule is CC(C)(C)C1CCCCC1NCCCc1ncc[nH]1. The fourth-order valence-electron chi connectivity index (χ4n) is 3.39. The van der Waals surface area contributed by atoms with Crippen LogP contribution in [0.3, 0.4) is 0 Å². The van der Waals surface area contributed by atoms with E-state index >= 15 is 0 Å². The lowest BCUT2D eigenvalue weighted by Crippen LogP contribution is -2.44. The predicted molar refractivity (Wildman–Crippen MR) is 80.1 cm³/mol. The van der Waals surface area contributed by atoms with Crippen LogP contribution in [0.25, 0.3) is 0 Å². The van der Waals surface area contributed by atoms with Gasteiger partial charge in [-0.2, -0.15) is 0 Å². The Bertz CT molecular complexity index is 351. The van der Waals surface area contributed by atoms with Crippen molar-refractivity contribution in [3.63, 3.8) is 0 Å². The van der Waals surface area contributed by atoms with Crippen LogP contribution < -0.4 is 5.32 Å². The van der Waals surface area contributed by atoms with Gasteiger partial charge in [-0.1, -0.05) is 33.6 Å². The van der Waals surface area contributed by atoms with Gasteiger partial charge in [-0.3, -0.25) is 0 Å². The second-order valence-electron chi connectivity index (χ2n) is 6.96. The Balaban J connectivity index is 1.74. The topological polar surface area (TPSA) is 40.7 Å². The number of nitrogens with one attached hydrogen (secondary N) is 2. The minimum absolute atomic E-state index is 0.430. The van der Waals surface area contributed by atoms with E-state index in [1.165, 1.54) is 32.1 Å². The van der Waals surface area contributed by atoms with Gasteiger partial charge in [-0.05, 0) is 37.1 Å². The fourth-order valence-corrected chi connectivity index (χ4v) is 3.39. The standard InChI is InChI=1S/C16H29N3/c1-16(2,3)13-7-4-5-8-14(13)17-10-6-9-15-18-11-12-19-15/h11-14,17H,4-10H2,1-3H3,(H,18,19). The summed E-state index contributed by atoms with van der Waals surface area (Å²) >= 11 is 0. The summed E-state index contributed by atoms with van der Waals surface area (Å²) in [6.07, 6.45) is 11.5. The van der Waals surface area contributed by atoms with Crippen LogP contribution in [-0.4, -0.2) is 22.6 Å². The lowest BCUT2D eigenvalue weighted by atomic mass is 9.69. The zero-order chi connectivity index (χ0) is 13.7. The zero-order valence-electron chi connectivity index (χ0n) is 12.7. The summed E-state index contributed by atoms with van der Waals surface area (Å²) < 4.78 is 0. The highest BCUT2D eigenvalue weighted by Gasteiger charge is 2.33. The molecule has 19 heavy (non-hydrogen) atoms. The Morgan fingerprint density at radius 2 is 2.11 bits per heavy atom. The number of aryl methyl sites for hydroxylation is 1. The molecule has 0 aromatic carbocycles. The Labute approximate surface area is 117 Å². The van der Waals surface area contributed by atoms with Crippen LogP contribution in [0.2, 0.25) is 0 Å². The first-order valence-corrected chi connectivity index (χ1v) is 7.79. The molecule has 1 aromatic heterocycles. The van der Waals surface area contributed by atoms with E-state index < -0.39 is 0 Å². The monoisotopic (exact) mass is 263 g/mol. The van der Waals surface area contributed by atoms with Crippen LogP contribution >= 0.6 is 0 Å². The molecule has 3 heteroatoms. The number of aromatic nitrogens is 2. The second-order valence-corrected chi connectivity index (χ2v) is 6.96. The summed E-state index contributed by atoms with van der Waals surface area (Å²) in [7, 11) is 0. The van der Waals surface area contributed by atoms with Crippen molar-refractivity contribution in [3.8, 4) is 0 Å². The van der Waals surface area contributed by atoms with Gasteiger partial charge in [0.15, 0.2) is 0 Å². The third-order valence-corrected chi connectivity index (χ3v) is 4.43. The van der Waals surface area contributed by atoms with Gasteiger partial charge in [0.05, 0.1) is 0 Å². The van der Waals surface area contributed by atoms with Crippen molar-refractivity contribution in [1.29, 1.82) is 0 Å². The van der Waals surface area contributed by atoms with E-state index in [9.17, 15) is 0 Å². The third-order valence-electron chi connectivity index (χ3n) is 4.43. The molecule has 108 valence electrons. The van der Waals surface area contributed by atoms with Crippen LogP contribution in [0.5, 0.6) is 0 Å². The van der Waals surface area contributed by atoms with Crippen molar-refractivity contribution in [2.75, 3.05) is 6.54 Å². The van der Waals surface area contributed by atoms with Gasteiger partial charge in [0.25, 0.3) is 0 Å². The average molecular weight is 263 g/mol. The summed E-state index contributed by atoms with van der Waals surface area (Å²) in [5.41, 5.74) is 0.430. The molecule has 1 fully saturated rings. The van der Waals surface area contributed by atoms with E-state index in [0.717, 1.165) is 24.7 Å². The maximum atomic E-state index is 4.27. The number of hydrogen-bond donors (Lipinski definition) is 2. The molecule has 0 spiro atoms. The lowest BCUT2D eigenvalue weighted by Gasteiger charge is -2.41. The normalized spacial score (nSPS) is 24.6. The van der Waals surface area contributed by atoms with Crippen molar-refractivity contribution >= 4 is 0 Å². The van der Waals surface area contributed by atoms with Crippen LogP contribution in [-0.2, 0) is 6.42 Å². The van der Waals surface area contributed by atoms with Crippen molar-refractivity contribution in [1.82, 2.24) is 15.3 Å². The molecule has 1 heterocycles. The first-order chi connectivity index (χ1) is 9.07. The van der Waals surface area contributed by atoms with E-state index in [2.05, 4.69) is 36.1 Å². The molecule has 1 aliphatic rings. The molecule has 2 N–H and O–H groups in total. The number of H-pyrrole nitrogens is 1. The van der Waals surface area contributed by atoms with Gasteiger partial charge in [-0.15, -0.1) is 0 Å². The van der Waals surface area contributed by atoms with Crippen molar-refractivity contribution in [2.24, 2.45) is 11.3 Å². The Morgan fingerprint density at radius 1 is 1.32 bits per heavy atom. The molecule has 1 aromatic rings. The van der Waals surface area contributed by atoms with Crippen LogP contribution in [0, 0.1) is 11.3 Å². The molecule has 1 saturated carbocycles. The summed E-state index contributed by atoms with van der Waals surface area (Å²) in [5.74, 6) is 1.93. The highest BCUT2D eigenvalue weighted by molar-refractivity contribution is 4.89. The number of aromatic amines is 1. The molecule has 2 atom stereocenters. The van der Waals surface area contributed by atoms with E-state index in [1.54, 1.807) is 0 Å². The summed E-state index contributed by atoms with van der Waals surface area (Å²) in [6, 6.07) is 0.713. The minimum Gasteiger partial charge on any atom is -0.349 e. The van der Waals surface area contributed by atoms with Crippen molar-refractivity contribution < 1.29 is 0 Å². The van der Waals surface area contributed by atoms with Crippen molar-refractivity contribution in [3.05, 3.63) is 18.2 Å². The Morgan fingerprint density at radius 3 is 2.79 bits per heavy atom. The van der Waals surface area contributed by atoms with Gasteiger partial charge in [0, 0.05) is 24.9 Å². The number of nitrogens with zero attached hydrogens (tertiary/aromatic N) is 1. The van der Waals surface area contributed by atoms with E-state index in [1.807, 2.05) is 12.4 Å². The average Bonchev–Trinajstić information content (AvgIpc) is 2.87. The van der Waals surface area contributed by atoms with E-state index in [-0.39, 0.29) is 0 Å². The lowest BCUT2D eigenvalue weighted by molar-refractivity contribution is 0.131. The zero-order valence-corrected chi connectivity index (χ0v) is 12.7. The van der Waals surface area contributed by atoms with E-state index in [0.29, 0.717) is 11.5 Å². The molecular weight excluding hydrogens is 234 g/mol. The molecule has 0 saturated heterocycles. The summed E-state index contributed by atoms with van der Waals surface area (Å²) in [5, 5.41) is 3.80. The van der Waals surface area contributed by atoms with Gasteiger partial charge in [0.2, 0.25) is 0 Å². The van der Waals surface area contributed by atoms with Gasteiger partial charge >= 0.3 is 0 Å². The number of imidazole rings is 1. The Kier molecular flexibility index (Phi) is 5.03. The quantitative estimate of drug-likeness (QED) is 0.798. The minimum atomic E-state index is 0.430. The summed E-state index contributed by atoms with van der Waals surface area (Å²) in [6.45, 7) is 8.28. The van der Waals surface area contributed by atoms with Gasteiger partial charge < -0.3 is 10.3 Å². The number of rotatable bonds is 5. The largest absolute Gasteiger partial charge is 0.349 e. The molecule has 0 bridgehead atoms. The van der Waals surface area contributed by atoms with E-state index in [4.69, 9.17) is 0 Å². The smallest absolute Gasteiger partial charge is 0.106 e. The molecule has 0 radical (unpaired) electrons. The molecule has 2 rings (SSSR count). The maximum Gasteiger partial charge on any atom is 0.106 e. The molecule has 0 amide bonds. The van der Waals surface area contributed by atoms with Gasteiger partial charge in [-0.25, -0.2) is 4.98 Å². The molecule has 3 nitrogen and oxygen atoms in total. The van der Waals surface area contributed by atoms with Crippen LogP contribution in [0.15, 0.2) is 12.4 Å². The van der Waals surface area contributed by atoms with Crippen molar-refractivity contribution in [2.45, 2.75) is 65.3 Å². The highest BCUT2D eigenvalue weighted by Crippen LogP contribution is 2.37. The number of hydrogen-bond acceptors (Lipinski definition) is 2. The molecule has 0 aliphatic heterocycles. The van der Waals surface area contributed by atoms with Crippen LogP contribution in [0.1, 0.15) is 58.7 Å². The third kappa shape index (κ3) is 4.34. The molecule has 2 unspecified atom stereocenters. The fraction of sp³-hybridized carbons (Fsp3) is 0.812. The summed E-state index contributed by atoms with van der Waals surface area (Å²) in [4.78, 5) is 7.44. The maximum absolute atomic E-state index is 4.27. The first kappa shape index (κ1) is 14.6. The molecular formula is C16H29N3. The second kappa shape index (κ2) is 6.56. The Hall–Kier alpha value is -0.830. The first-order valence-electron chi connectivity index (χ1n) is 7.79. The van der Waals surface area contributed by atoms with Gasteiger partial charge in [0.1, 0.15) is 5.82 Å². The predicted octanol–water partition coefficient (Wildman–Crippen LogP) is 3.54. The molecule has 1 aliphatic carbocycles.